The number of hydrogen-bond donors (Lipinski definition) is 1. The number of furan rings is 1. The molecule has 100 valence electrons. The van der Waals surface area contributed by atoms with Crippen molar-refractivity contribution in [3.63, 3.8) is 0 Å². The summed E-state index contributed by atoms with van der Waals surface area (Å²) < 4.78 is 15.1. The molecule has 1 N–H and O–H groups in total. The van der Waals surface area contributed by atoms with Crippen LogP contribution in [0.1, 0.15) is 16.1 Å². The number of carbonyl (C=O) groups excluding carboxylic acids is 1. The minimum Gasteiger partial charge on any atom is -0.495 e. The van der Waals surface area contributed by atoms with Gasteiger partial charge in [-0.25, -0.2) is 4.79 Å². The lowest BCUT2D eigenvalue weighted by Crippen LogP contribution is -2.01. The molecule has 1 aromatic carbocycles. The molecule has 0 radical (unpaired) electrons. The molecule has 2 aromatic rings. The average Bonchev–Trinajstić information content (AvgIpc) is 2.93. The Labute approximate surface area is 111 Å². The molecule has 0 saturated carbocycles. The number of rotatable bonds is 5. The van der Waals surface area contributed by atoms with Crippen molar-refractivity contribution < 1.29 is 18.7 Å². The summed E-state index contributed by atoms with van der Waals surface area (Å²) in [5.74, 6) is 0.987. The number of methoxy groups -OCH3 is 2. The molecule has 1 aromatic heterocycles. The van der Waals surface area contributed by atoms with Crippen molar-refractivity contribution in [1.29, 1.82) is 0 Å². The first kappa shape index (κ1) is 13.0. The van der Waals surface area contributed by atoms with Crippen molar-refractivity contribution in [3.8, 4) is 5.75 Å². The molecule has 0 spiro atoms. The van der Waals surface area contributed by atoms with E-state index in [-0.39, 0.29) is 0 Å². The number of para-hydroxylation sites is 2. The maximum Gasteiger partial charge on any atom is 0.341 e. The molecule has 0 aliphatic rings. The van der Waals surface area contributed by atoms with Crippen LogP contribution >= 0.6 is 0 Å². The van der Waals surface area contributed by atoms with Crippen LogP contribution in [0.25, 0.3) is 0 Å². The number of carbonyl (C=O) groups is 1. The Morgan fingerprint density at radius 1 is 1.32 bits per heavy atom. The highest BCUT2D eigenvalue weighted by molar-refractivity contribution is 5.89. The second-order valence-corrected chi connectivity index (χ2v) is 3.85. The van der Waals surface area contributed by atoms with E-state index in [4.69, 9.17) is 9.15 Å². The standard InChI is InChI=1S/C14H15NO4/c1-17-13-6-4-3-5-12(13)15-8-11-7-10(9-19-11)14(16)18-2/h3-7,9,15H,8H2,1-2H3. The largest absolute Gasteiger partial charge is 0.495 e. The van der Waals surface area contributed by atoms with Crippen LogP contribution in [0, 0.1) is 0 Å². The van der Waals surface area contributed by atoms with E-state index in [0.29, 0.717) is 17.9 Å². The fourth-order valence-electron chi connectivity index (χ4n) is 1.67. The maximum absolute atomic E-state index is 11.3. The van der Waals surface area contributed by atoms with Crippen LogP contribution in [-0.2, 0) is 11.3 Å². The Morgan fingerprint density at radius 3 is 2.84 bits per heavy atom. The number of anilines is 1. The van der Waals surface area contributed by atoms with Gasteiger partial charge in [-0.1, -0.05) is 12.1 Å². The summed E-state index contributed by atoms with van der Waals surface area (Å²) in [6.45, 7) is 0.456. The molecule has 0 aliphatic carbocycles. The molecular weight excluding hydrogens is 246 g/mol. The molecular formula is C14H15NO4. The van der Waals surface area contributed by atoms with E-state index in [1.54, 1.807) is 13.2 Å². The van der Waals surface area contributed by atoms with Crippen molar-refractivity contribution in [2.45, 2.75) is 6.54 Å². The van der Waals surface area contributed by atoms with Crippen molar-refractivity contribution in [2.24, 2.45) is 0 Å². The zero-order valence-corrected chi connectivity index (χ0v) is 10.8. The predicted octanol–water partition coefficient (Wildman–Crippen LogP) is 2.69. The van der Waals surface area contributed by atoms with E-state index in [1.807, 2.05) is 24.3 Å². The summed E-state index contributed by atoms with van der Waals surface area (Å²) in [5, 5.41) is 3.18. The van der Waals surface area contributed by atoms with E-state index in [2.05, 4.69) is 10.1 Å². The zero-order valence-electron chi connectivity index (χ0n) is 10.8. The van der Waals surface area contributed by atoms with Crippen LogP contribution in [-0.4, -0.2) is 20.2 Å². The molecule has 0 atom stereocenters. The third-order valence-electron chi connectivity index (χ3n) is 2.63. The summed E-state index contributed by atoms with van der Waals surface area (Å²) in [6, 6.07) is 9.22. The fourth-order valence-corrected chi connectivity index (χ4v) is 1.67. The number of ether oxygens (including phenoxy) is 2. The number of benzene rings is 1. The van der Waals surface area contributed by atoms with Gasteiger partial charge >= 0.3 is 5.97 Å². The van der Waals surface area contributed by atoms with Gasteiger partial charge in [0.15, 0.2) is 0 Å². The third kappa shape index (κ3) is 3.07. The van der Waals surface area contributed by atoms with Gasteiger partial charge in [0.1, 0.15) is 17.8 Å². The topological polar surface area (TPSA) is 60.7 Å². The van der Waals surface area contributed by atoms with Gasteiger partial charge in [0.05, 0.1) is 32.0 Å². The Morgan fingerprint density at radius 2 is 2.11 bits per heavy atom. The number of hydrogen-bond acceptors (Lipinski definition) is 5. The molecule has 0 saturated heterocycles. The second-order valence-electron chi connectivity index (χ2n) is 3.85. The van der Waals surface area contributed by atoms with Crippen molar-refractivity contribution >= 4 is 11.7 Å². The second kappa shape index (κ2) is 5.95. The van der Waals surface area contributed by atoms with Gasteiger partial charge in [-0.3, -0.25) is 0 Å². The fraction of sp³-hybridized carbons (Fsp3) is 0.214. The molecule has 0 aliphatic heterocycles. The van der Waals surface area contributed by atoms with Gasteiger partial charge in [0, 0.05) is 0 Å². The van der Waals surface area contributed by atoms with E-state index < -0.39 is 5.97 Å². The SMILES string of the molecule is COC(=O)c1coc(CNc2ccccc2OC)c1. The molecule has 5 heteroatoms. The van der Waals surface area contributed by atoms with Crippen LogP contribution in [0.15, 0.2) is 41.0 Å². The van der Waals surface area contributed by atoms with Gasteiger partial charge in [-0.05, 0) is 18.2 Å². The zero-order chi connectivity index (χ0) is 13.7. The first-order chi connectivity index (χ1) is 9.24. The van der Waals surface area contributed by atoms with Crippen LogP contribution in [0.5, 0.6) is 5.75 Å². The smallest absolute Gasteiger partial charge is 0.341 e. The Balaban J connectivity index is 2.02. The predicted molar refractivity (Wildman–Crippen MR) is 70.4 cm³/mol. The van der Waals surface area contributed by atoms with E-state index in [0.717, 1.165) is 11.4 Å². The van der Waals surface area contributed by atoms with Crippen molar-refractivity contribution in [1.82, 2.24) is 0 Å². The molecule has 1 heterocycles. The molecule has 0 bridgehead atoms. The van der Waals surface area contributed by atoms with Crippen molar-refractivity contribution in [3.05, 3.63) is 47.9 Å². The monoisotopic (exact) mass is 261 g/mol. The quantitative estimate of drug-likeness (QED) is 0.838. The van der Waals surface area contributed by atoms with Crippen LogP contribution < -0.4 is 10.1 Å². The highest BCUT2D eigenvalue weighted by Crippen LogP contribution is 2.23. The van der Waals surface area contributed by atoms with E-state index >= 15 is 0 Å². The summed E-state index contributed by atoms with van der Waals surface area (Å²) in [5.41, 5.74) is 1.26. The summed E-state index contributed by atoms with van der Waals surface area (Å²) in [6.07, 6.45) is 1.38. The molecule has 0 amide bonds. The Kier molecular flexibility index (Phi) is 4.07. The maximum atomic E-state index is 11.3. The van der Waals surface area contributed by atoms with Gasteiger partial charge in [-0.2, -0.15) is 0 Å². The average molecular weight is 261 g/mol. The molecule has 0 fully saturated rings. The summed E-state index contributed by atoms with van der Waals surface area (Å²) in [4.78, 5) is 11.3. The minimum absolute atomic E-state index is 0.402. The Hall–Kier alpha value is -2.43. The van der Waals surface area contributed by atoms with E-state index in [1.165, 1.54) is 13.4 Å². The van der Waals surface area contributed by atoms with Crippen LogP contribution in [0.3, 0.4) is 0 Å². The normalized spacial score (nSPS) is 10.0. The van der Waals surface area contributed by atoms with Gasteiger partial charge < -0.3 is 19.2 Å². The molecule has 2 rings (SSSR count). The molecule has 5 nitrogen and oxygen atoms in total. The lowest BCUT2D eigenvalue weighted by molar-refractivity contribution is 0.0600. The highest BCUT2D eigenvalue weighted by atomic mass is 16.5. The Bertz CT molecular complexity index is 562. The third-order valence-corrected chi connectivity index (χ3v) is 2.63. The van der Waals surface area contributed by atoms with Gasteiger partial charge in [-0.15, -0.1) is 0 Å². The number of esters is 1. The van der Waals surface area contributed by atoms with Gasteiger partial charge in [0.2, 0.25) is 0 Å². The minimum atomic E-state index is -0.410. The first-order valence-corrected chi connectivity index (χ1v) is 5.77. The number of nitrogens with one attached hydrogen (secondary N) is 1. The van der Waals surface area contributed by atoms with E-state index in [9.17, 15) is 4.79 Å². The van der Waals surface area contributed by atoms with Crippen molar-refractivity contribution in [2.75, 3.05) is 19.5 Å². The summed E-state index contributed by atoms with van der Waals surface area (Å²) in [7, 11) is 2.95. The van der Waals surface area contributed by atoms with Gasteiger partial charge in [0.25, 0.3) is 0 Å². The van der Waals surface area contributed by atoms with Crippen LogP contribution in [0.4, 0.5) is 5.69 Å². The molecule has 19 heavy (non-hydrogen) atoms. The lowest BCUT2D eigenvalue weighted by Gasteiger charge is -2.09. The summed E-state index contributed by atoms with van der Waals surface area (Å²) >= 11 is 0. The highest BCUT2D eigenvalue weighted by Gasteiger charge is 2.10. The first-order valence-electron chi connectivity index (χ1n) is 5.77. The van der Waals surface area contributed by atoms with Crippen LogP contribution in [0.2, 0.25) is 0 Å². The molecule has 0 unspecified atom stereocenters. The lowest BCUT2D eigenvalue weighted by atomic mass is 10.2.